The lowest BCUT2D eigenvalue weighted by Gasteiger charge is -2.33. The van der Waals surface area contributed by atoms with Crippen LogP contribution in [-0.2, 0) is 6.54 Å². The van der Waals surface area contributed by atoms with E-state index in [1.165, 1.54) is 5.56 Å². The molecule has 3 rings (SSSR count). The molecule has 1 aromatic carbocycles. The maximum atomic E-state index is 5.67. The van der Waals surface area contributed by atoms with Crippen LogP contribution in [0.5, 0.6) is 0 Å². The van der Waals surface area contributed by atoms with Gasteiger partial charge in [0.2, 0.25) is 5.95 Å². The van der Waals surface area contributed by atoms with Gasteiger partial charge in [-0.15, -0.1) is 6.42 Å². The van der Waals surface area contributed by atoms with Crippen LogP contribution in [0.3, 0.4) is 0 Å². The first kappa shape index (κ1) is 19.6. The third-order valence-corrected chi connectivity index (χ3v) is 4.64. The molecule has 0 unspecified atom stereocenters. The average Bonchev–Trinajstić information content (AvgIpc) is 2.74. The second kappa shape index (κ2) is 9.69. The van der Waals surface area contributed by atoms with Crippen LogP contribution in [0.25, 0.3) is 11.3 Å². The van der Waals surface area contributed by atoms with E-state index in [4.69, 9.17) is 18.0 Å². The van der Waals surface area contributed by atoms with Gasteiger partial charge in [-0.2, -0.15) is 5.10 Å². The van der Waals surface area contributed by atoms with Gasteiger partial charge in [0, 0.05) is 50.9 Å². The molecular weight excluding hydrogens is 352 g/mol. The Morgan fingerprint density at radius 1 is 1.43 bits per heavy atom. The van der Waals surface area contributed by atoms with Crippen LogP contribution in [-0.4, -0.2) is 52.9 Å². The van der Waals surface area contributed by atoms with E-state index < -0.39 is 0 Å². The molecule has 1 saturated heterocycles. The fourth-order valence-electron chi connectivity index (χ4n) is 3.14. The van der Waals surface area contributed by atoms with Gasteiger partial charge in [-0.3, -0.25) is 4.90 Å². The van der Waals surface area contributed by atoms with Crippen molar-refractivity contribution in [2.75, 3.05) is 31.5 Å². The van der Waals surface area contributed by atoms with E-state index in [-0.39, 0.29) is 6.04 Å². The summed E-state index contributed by atoms with van der Waals surface area (Å²) in [5.41, 5.74) is 8.70. The molecule has 1 aromatic heterocycles. The van der Waals surface area contributed by atoms with E-state index in [1.807, 2.05) is 18.2 Å². The number of hydrazone groups is 1. The van der Waals surface area contributed by atoms with E-state index in [0.717, 1.165) is 37.4 Å². The van der Waals surface area contributed by atoms with Gasteiger partial charge in [-0.25, -0.2) is 9.97 Å². The Bertz CT molecular complexity index is 857. The Balaban J connectivity index is 1.69. The van der Waals surface area contributed by atoms with Crippen molar-refractivity contribution in [2.45, 2.75) is 19.0 Å². The lowest BCUT2D eigenvalue weighted by atomic mass is 10.1. The third kappa shape index (κ3) is 5.19. The molecule has 2 heterocycles. The largest absolute Gasteiger partial charge is 0.386 e. The van der Waals surface area contributed by atoms with Crippen LogP contribution in [0.1, 0.15) is 12.0 Å². The standard InChI is InChI=1S/C20H26N8/c1-2-17-13-23-10-11-28(17)14-15-4-3-5-16(12-15)18-6-8-24-20(26-18)25-9-7-19(21)27-22/h1,3-6,8,12,17,23H,7,9-11,13-14,22H2,(H2,21,27)(H,24,25,26)/t17-/m0/s1. The summed E-state index contributed by atoms with van der Waals surface area (Å²) in [5, 5.41) is 9.93. The van der Waals surface area contributed by atoms with Crippen LogP contribution >= 0.6 is 0 Å². The van der Waals surface area contributed by atoms with Gasteiger partial charge in [0.25, 0.3) is 0 Å². The number of aromatic nitrogens is 2. The van der Waals surface area contributed by atoms with Crippen LogP contribution in [0.2, 0.25) is 0 Å². The monoisotopic (exact) mass is 378 g/mol. The second-order valence-electron chi connectivity index (χ2n) is 6.62. The molecule has 0 amide bonds. The van der Waals surface area contributed by atoms with Crippen molar-refractivity contribution in [3.8, 4) is 23.6 Å². The Hall–Kier alpha value is -3.15. The summed E-state index contributed by atoms with van der Waals surface area (Å²) in [5.74, 6) is 8.93. The number of piperazine rings is 1. The molecule has 1 aliphatic heterocycles. The van der Waals surface area contributed by atoms with Gasteiger partial charge in [0.05, 0.1) is 11.7 Å². The highest BCUT2D eigenvalue weighted by molar-refractivity contribution is 5.80. The van der Waals surface area contributed by atoms with Crippen molar-refractivity contribution in [1.29, 1.82) is 0 Å². The van der Waals surface area contributed by atoms with Crippen LogP contribution in [0.15, 0.2) is 41.6 Å². The number of hydrogen-bond donors (Lipinski definition) is 4. The predicted octanol–water partition coefficient (Wildman–Crippen LogP) is 0.584. The van der Waals surface area contributed by atoms with Gasteiger partial charge in [-0.1, -0.05) is 24.1 Å². The van der Waals surface area contributed by atoms with Gasteiger partial charge in [-0.05, 0) is 17.7 Å². The highest BCUT2D eigenvalue weighted by atomic mass is 15.2. The normalized spacial score (nSPS) is 17.8. The molecule has 2 aromatic rings. The van der Waals surface area contributed by atoms with Crippen LogP contribution < -0.4 is 22.2 Å². The summed E-state index contributed by atoms with van der Waals surface area (Å²) in [6, 6.07) is 10.4. The molecule has 0 aliphatic carbocycles. The van der Waals surface area contributed by atoms with Crippen molar-refractivity contribution in [2.24, 2.45) is 16.7 Å². The number of rotatable bonds is 7. The summed E-state index contributed by atoms with van der Waals surface area (Å²) >= 11 is 0. The zero-order valence-electron chi connectivity index (χ0n) is 15.8. The topological polar surface area (TPSA) is 117 Å². The molecule has 1 fully saturated rings. The van der Waals surface area contributed by atoms with Crippen molar-refractivity contribution >= 4 is 11.8 Å². The lowest BCUT2D eigenvalue weighted by Crippen LogP contribution is -2.49. The molecule has 0 saturated carbocycles. The van der Waals surface area contributed by atoms with E-state index in [9.17, 15) is 0 Å². The second-order valence-corrected chi connectivity index (χ2v) is 6.62. The van der Waals surface area contributed by atoms with Crippen LogP contribution in [0.4, 0.5) is 5.95 Å². The first-order valence-corrected chi connectivity index (χ1v) is 9.29. The van der Waals surface area contributed by atoms with Gasteiger partial charge < -0.3 is 22.2 Å². The number of nitrogens with zero attached hydrogens (tertiary/aromatic N) is 4. The smallest absolute Gasteiger partial charge is 0.223 e. The number of nitrogens with one attached hydrogen (secondary N) is 2. The number of nitrogens with two attached hydrogens (primary N) is 2. The summed E-state index contributed by atoms with van der Waals surface area (Å²) in [7, 11) is 0. The summed E-state index contributed by atoms with van der Waals surface area (Å²) in [6.45, 7) is 4.11. The number of amidine groups is 1. The number of hydrogen-bond acceptors (Lipinski definition) is 7. The van der Waals surface area contributed by atoms with Crippen molar-refractivity contribution in [1.82, 2.24) is 20.2 Å². The molecule has 1 aliphatic rings. The minimum Gasteiger partial charge on any atom is -0.386 e. The highest BCUT2D eigenvalue weighted by Gasteiger charge is 2.20. The van der Waals surface area contributed by atoms with E-state index >= 15 is 0 Å². The van der Waals surface area contributed by atoms with E-state index in [1.54, 1.807) is 6.20 Å². The van der Waals surface area contributed by atoms with Gasteiger partial charge >= 0.3 is 0 Å². The summed E-state index contributed by atoms with van der Waals surface area (Å²) in [4.78, 5) is 11.2. The summed E-state index contributed by atoms with van der Waals surface area (Å²) in [6.07, 6.45) is 7.94. The molecule has 6 N–H and O–H groups in total. The Kier molecular flexibility index (Phi) is 6.78. The maximum absolute atomic E-state index is 5.67. The van der Waals surface area contributed by atoms with Crippen LogP contribution in [0, 0.1) is 12.3 Å². The fourth-order valence-corrected chi connectivity index (χ4v) is 3.14. The lowest BCUT2D eigenvalue weighted by molar-refractivity contribution is 0.191. The van der Waals surface area contributed by atoms with E-state index in [0.29, 0.717) is 24.7 Å². The minimum atomic E-state index is 0.122. The Labute approximate surface area is 165 Å². The molecule has 8 nitrogen and oxygen atoms in total. The van der Waals surface area contributed by atoms with Crippen molar-refractivity contribution in [3.05, 3.63) is 42.1 Å². The summed E-state index contributed by atoms with van der Waals surface area (Å²) < 4.78 is 0. The molecule has 0 bridgehead atoms. The molecular formula is C20H26N8. The molecule has 28 heavy (non-hydrogen) atoms. The zero-order valence-corrected chi connectivity index (χ0v) is 15.8. The first-order valence-electron chi connectivity index (χ1n) is 9.29. The maximum Gasteiger partial charge on any atom is 0.223 e. The fraction of sp³-hybridized carbons (Fsp3) is 0.350. The average molecular weight is 378 g/mol. The number of benzene rings is 1. The first-order chi connectivity index (χ1) is 13.7. The van der Waals surface area contributed by atoms with Gasteiger partial charge in [0.1, 0.15) is 5.84 Å². The molecule has 146 valence electrons. The zero-order chi connectivity index (χ0) is 19.8. The Morgan fingerprint density at radius 2 is 2.32 bits per heavy atom. The third-order valence-electron chi connectivity index (χ3n) is 4.64. The molecule has 8 heteroatoms. The Morgan fingerprint density at radius 3 is 3.14 bits per heavy atom. The number of terminal acetylenes is 1. The molecule has 1 atom stereocenters. The predicted molar refractivity (Wildman–Crippen MR) is 112 cm³/mol. The number of anilines is 1. The highest BCUT2D eigenvalue weighted by Crippen LogP contribution is 2.20. The molecule has 0 radical (unpaired) electrons. The SMILES string of the molecule is C#C[C@H]1CNCCN1Cc1cccc(-c2ccnc(NCC/C(N)=N/N)n2)c1. The van der Waals surface area contributed by atoms with E-state index in [2.05, 4.69) is 48.7 Å². The van der Waals surface area contributed by atoms with Crippen molar-refractivity contribution in [3.63, 3.8) is 0 Å². The minimum absolute atomic E-state index is 0.122. The molecule has 0 spiro atoms. The van der Waals surface area contributed by atoms with Crippen molar-refractivity contribution < 1.29 is 0 Å². The van der Waals surface area contributed by atoms with Gasteiger partial charge in [0.15, 0.2) is 0 Å². The quantitative estimate of drug-likeness (QED) is 0.183.